The SMILES string of the molecule is CC1CN(c2ccc(O)cc2)c2cc(Cl)ccc2N(c2ccc3ccccc3n2)C1=O. The highest BCUT2D eigenvalue weighted by Crippen LogP contribution is 2.43. The van der Waals surface area contributed by atoms with Gasteiger partial charge in [-0.25, -0.2) is 4.98 Å². The molecule has 0 spiro atoms. The number of aromatic nitrogens is 1. The maximum atomic E-state index is 13.5. The third-order valence-electron chi connectivity index (χ3n) is 5.54. The summed E-state index contributed by atoms with van der Waals surface area (Å²) in [6.45, 7) is 2.39. The van der Waals surface area contributed by atoms with Crippen LogP contribution in [0, 0.1) is 5.92 Å². The molecule has 1 N–H and O–H groups in total. The lowest BCUT2D eigenvalue weighted by Gasteiger charge is -2.27. The molecule has 0 aliphatic carbocycles. The number of para-hydroxylation sites is 1. The first kappa shape index (κ1) is 19.4. The van der Waals surface area contributed by atoms with E-state index >= 15 is 0 Å². The van der Waals surface area contributed by atoms with Crippen LogP contribution in [0.15, 0.2) is 78.9 Å². The quantitative estimate of drug-likeness (QED) is 0.421. The van der Waals surface area contributed by atoms with Crippen molar-refractivity contribution in [2.24, 2.45) is 5.92 Å². The maximum Gasteiger partial charge on any atom is 0.237 e. The molecule has 1 unspecified atom stereocenters. The fourth-order valence-corrected chi connectivity index (χ4v) is 4.15. The molecule has 5 nitrogen and oxygen atoms in total. The van der Waals surface area contributed by atoms with Crippen molar-refractivity contribution in [1.29, 1.82) is 0 Å². The van der Waals surface area contributed by atoms with Gasteiger partial charge in [0.25, 0.3) is 0 Å². The fourth-order valence-electron chi connectivity index (χ4n) is 3.98. The van der Waals surface area contributed by atoms with Crippen LogP contribution in [-0.4, -0.2) is 22.5 Å². The van der Waals surface area contributed by atoms with Gasteiger partial charge in [0, 0.05) is 22.6 Å². The van der Waals surface area contributed by atoms with Crippen LogP contribution >= 0.6 is 11.6 Å². The number of halogens is 1. The normalized spacial score (nSPS) is 16.3. The van der Waals surface area contributed by atoms with Gasteiger partial charge in [0.1, 0.15) is 11.6 Å². The zero-order valence-electron chi connectivity index (χ0n) is 16.9. The summed E-state index contributed by atoms with van der Waals surface area (Å²) < 4.78 is 0. The van der Waals surface area contributed by atoms with E-state index < -0.39 is 0 Å². The number of anilines is 4. The first-order chi connectivity index (χ1) is 15.0. The third kappa shape index (κ3) is 3.47. The molecular formula is C25H20ClN3O2. The Bertz CT molecular complexity index is 1290. The number of hydrogen-bond donors (Lipinski definition) is 1. The Morgan fingerprint density at radius 1 is 0.968 bits per heavy atom. The zero-order valence-corrected chi connectivity index (χ0v) is 17.6. The molecule has 0 fully saturated rings. The minimum Gasteiger partial charge on any atom is -0.508 e. The number of rotatable bonds is 2. The summed E-state index contributed by atoms with van der Waals surface area (Å²) in [6, 6.07) is 24.2. The second-order valence-electron chi connectivity index (χ2n) is 7.70. The summed E-state index contributed by atoms with van der Waals surface area (Å²) in [5.41, 5.74) is 3.23. The van der Waals surface area contributed by atoms with Crippen molar-refractivity contribution >= 4 is 51.3 Å². The van der Waals surface area contributed by atoms with E-state index in [9.17, 15) is 9.90 Å². The lowest BCUT2D eigenvalue weighted by Crippen LogP contribution is -2.33. The summed E-state index contributed by atoms with van der Waals surface area (Å²) in [4.78, 5) is 22.1. The van der Waals surface area contributed by atoms with Crippen molar-refractivity contribution in [2.75, 3.05) is 16.3 Å². The lowest BCUT2D eigenvalue weighted by atomic mass is 10.1. The van der Waals surface area contributed by atoms with Crippen LogP contribution in [-0.2, 0) is 4.79 Å². The van der Waals surface area contributed by atoms with Crippen LogP contribution in [0.2, 0.25) is 5.02 Å². The molecule has 1 atom stereocenters. The molecular weight excluding hydrogens is 410 g/mol. The summed E-state index contributed by atoms with van der Waals surface area (Å²) >= 11 is 6.37. The minimum absolute atomic E-state index is 0.0346. The van der Waals surface area contributed by atoms with Gasteiger partial charge in [-0.15, -0.1) is 0 Å². The molecule has 1 aliphatic rings. The van der Waals surface area contributed by atoms with Gasteiger partial charge in [-0.2, -0.15) is 0 Å². The van der Waals surface area contributed by atoms with E-state index in [1.54, 1.807) is 23.1 Å². The smallest absolute Gasteiger partial charge is 0.237 e. The van der Waals surface area contributed by atoms with Crippen LogP contribution in [0.3, 0.4) is 0 Å². The monoisotopic (exact) mass is 429 g/mol. The molecule has 1 aromatic heterocycles. The number of nitrogens with zero attached hydrogens (tertiary/aromatic N) is 3. The van der Waals surface area contributed by atoms with E-state index in [0.717, 1.165) is 28.0 Å². The van der Waals surface area contributed by atoms with Crippen molar-refractivity contribution < 1.29 is 9.90 Å². The second-order valence-corrected chi connectivity index (χ2v) is 8.13. The van der Waals surface area contributed by atoms with Crippen LogP contribution < -0.4 is 9.80 Å². The van der Waals surface area contributed by atoms with Gasteiger partial charge >= 0.3 is 0 Å². The number of amides is 1. The summed E-state index contributed by atoms with van der Waals surface area (Å²) in [5, 5.41) is 11.3. The van der Waals surface area contributed by atoms with Gasteiger partial charge < -0.3 is 10.0 Å². The van der Waals surface area contributed by atoms with E-state index in [0.29, 0.717) is 17.4 Å². The molecule has 0 saturated carbocycles. The topological polar surface area (TPSA) is 56.7 Å². The Balaban J connectivity index is 1.71. The number of carbonyl (C=O) groups excluding carboxylic acids is 1. The first-order valence-corrected chi connectivity index (χ1v) is 10.4. The Morgan fingerprint density at radius 3 is 2.55 bits per heavy atom. The molecule has 0 bridgehead atoms. The minimum atomic E-state index is -0.298. The highest BCUT2D eigenvalue weighted by molar-refractivity contribution is 6.31. The Hall–Kier alpha value is -3.57. The molecule has 5 rings (SSSR count). The predicted molar refractivity (Wildman–Crippen MR) is 125 cm³/mol. The highest BCUT2D eigenvalue weighted by atomic mass is 35.5. The van der Waals surface area contributed by atoms with Gasteiger partial charge in [0.15, 0.2) is 0 Å². The van der Waals surface area contributed by atoms with Crippen LogP contribution in [0.1, 0.15) is 6.92 Å². The van der Waals surface area contributed by atoms with E-state index in [1.165, 1.54) is 0 Å². The highest BCUT2D eigenvalue weighted by Gasteiger charge is 2.33. The van der Waals surface area contributed by atoms with E-state index in [-0.39, 0.29) is 17.6 Å². The molecule has 1 aliphatic heterocycles. The van der Waals surface area contributed by atoms with Crippen molar-refractivity contribution in [1.82, 2.24) is 4.98 Å². The van der Waals surface area contributed by atoms with Crippen molar-refractivity contribution in [3.8, 4) is 5.75 Å². The Kier molecular flexibility index (Phi) is 4.75. The molecule has 6 heteroatoms. The number of carbonyl (C=O) groups is 1. The average molecular weight is 430 g/mol. The van der Waals surface area contributed by atoms with Crippen molar-refractivity contribution in [3.05, 3.63) is 83.9 Å². The summed E-state index contributed by atoms with van der Waals surface area (Å²) in [5.74, 6) is 0.434. The van der Waals surface area contributed by atoms with E-state index in [1.807, 2.05) is 67.6 Å². The van der Waals surface area contributed by atoms with E-state index in [4.69, 9.17) is 16.6 Å². The van der Waals surface area contributed by atoms with Crippen LogP contribution in [0.25, 0.3) is 10.9 Å². The second kappa shape index (κ2) is 7.60. The lowest BCUT2D eigenvalue weighted by molar-refractivity contribution is -0.120. The average Bonchev–Trinajstić information content (AvgIpc) is 2.88. The maximum absolute atomic E-state index is 13.5. The van der Waals surface area contributed by atoms with Gasteiger partial charge in [-0.3, -0.25) is 9.69 Å². The Labute approximate surface area is 185 Å². The number of phenols is 1. The summed E-state index contributed by atoms with van der Waals surface area (Å²) in [6.07, 6.45) is 0. The first-order valence-electron chi connectivity index (χ1n) is 10.1. The molecule has 0 radical (unpaired) electrons. The van der Waals surface area contributed by atoms with E-state index in [2.05, 4.69) is 4.90 Å². The molecule has 4 aromatic rings. The molecule has 3 aromatic carbocycles. The molecule has 0 saturated heterocycles. The molecule has 154 valence electrons. The standard InChI is InChI=1S/C25H20ClN3O2/c1-16-15-28(19-8-10-20(30)11-9-19)23-14-18(26)7-12-22(23)29(25(16)31)24-13-6-17-4-2-3-5-21(17)27-24/h2-14,16,30H,15H2,1H3. The summed E-state index contributed by atoms with van der Waals surface area (Å²) in [7, 11) is 0. The van der Waals surface area contributed by atoms with Gasteiger partial charge in [-0.1, -0.05) is 36.7 Å². The molecule has 1 amide bonds. The van der Waals surface area contributed by atoms with Gasteiger partial charge in [-0.05, 0) is 60.7 Å². The molecule has 31 heavy (non-hydrogen) atoms. The fraction of sp³-hybridized carbons (Fsp3) is 0.120. The van der Waals surface area contributed by atoms with Crippen LogP contribution in [0.5, 0.6) is 5.75 Å². The third-order valence-corrected chi connectivity index (χ3v) is 5.78. The largest absolute Gasteiger partial charge is 0.508 e. The van der Waals surface area contributed by atoms with Gasteiger partial charge in [0.05, 0.1) is 22.8 Å². The van der Waals surface area contributed by atoms with Crippen LogP contribution in [0.4, 0.5) is 22.9 Å². The number of benzene rings is 3. The Morgan fingerprint density at radius 2 is 1.74 bits per heavy atom. The number of hydrogen-bond acceptors (Lipinski definition) is 4. The number of aromatic hydroxyl groups is 1. The van der Waals surface area contributed by atoms with Crippen molar-refractivity contribution in [3.63, 3.8) is 0 Å². The number of pyridine rings is 1. The van der Waals surface area contributed by atoms with Crippen molar-refractivity contribution in [2.45, 2.75) is 6.92 Å². The number of phenolic OH excluding ortho intramolecular Hbond substituents is 1. The predicted octanol–water partition coefficient (Wildman–Crippen LogP) is 6.05. The van der Waals surface area contributed by atoms with Gasteiger partial charge in [0.2, 0.25) is 5.91 Å². The molecule has 2 heterocycles. The zero-order chi connectivity index (χ0) is 21.5. The number of fused-ring (bicyclic) bond motifs is 2.